The zero-order valence-electron chi connectivity index (χ0n) is 13.3. The molecule has 0 aromatic heterocycles. The van der Waals surface area contributed by atoms with Gasteiger partial charge in [0.2, 0.25) is 6.29 Å². The summed E-state index contributed by atoms with van der Waals surface area (Å²) in [4.78, 5) is 33.8. The molecule has 0 aromatic rings. The predicted molar refractivity (Wildman–Crippen MR) is 78.0 cm³/mol. The Balaban J connectivity index is 2.21. The lowest BCUT2D eigenvalue weighted by molar-refractivity contribution is -0.168. The molecule has 7 nitrogen and oxygen atoms in total. The van der Waals surface area contributed by atoms with E-state index in [4.69, 9.17) is 14.6 Å². The number of carboxylic acids is 1. The van der Waals surface area contributed by atoms with Crippen LogP contribution in [0.1, 0.15) is 46.5 Å². The fraction of sp³-hybridized carbons (Fsp3) is 0.800. The first-order valence-corrected chi connectivity index (χ1v) is 7.67. The molecule has 7 heteroatoms. The number of carboxylic acid groups (broad SMARTS) is 1. The minimum Gasteiger partial charge on any atom is -0.481 e. The van der Waals surface area contributed by atoms with Gasteiger partial charge in [-0.2, -0.15) is 0 Å². The van der Waals surface area contributed by atoms with Crippen LogP contribution in [-0.2, 0) is 19.1 Å². The molecule has 1 aliphatic rings. The van der Waals surface area contributed by atoms with Crippen LogP contribution in [-0.4, -0.2) is 36.0 Å². The summed E-state index contributed by atoms with van der Waals surface area (Å²) in [7, 11) is 0. The van der Waals surface area contributed by atoms with Crippen molar-refractivity contribution in [1.29, 1.82) is 0 Å². The second-order valence-electron chi connectivity index (χ2n) is 6.00. The monoisotopic (exact) mass is 315 g/mol. The second kappa shape index (κ2) is 8.60. The lowest BCUT2D eigenvalue weighted by Crippen LogP contribution is -2.35. The van der Waals surface area contributed by atoms with Crippen LogP contribution in [0.5, 0.6) is 0 Å². The van der Waals surface area contributed by atoms with Crippen LogP contribution in [0.25, 0.3) is 0 Å². The van der Waals surface area contributed by atoms with Gasteiger partial charge in [0.05, 0.1) is 11.8 Å². The van der Waals surface area contributed by atoms with Crippen LogP contribution in [0.4, 0.5) is 4.79 Å². The fourth-order valence-electron chi connectivity index (χ4n) is 2.36. The largest absolute Gasteiger partial charge is 0.481 e. The molecule has 1 atom stereocenters. The summed E-state index contributed by atoms with van der Waals surface area (Å²) in [5.74, 6) is -1.45. The SMILES string of the molecule is CC(C)C(=O)O[C@H](C)OC(=O)NCC1CCC(C(=O)O)CC1. The van der Waals surface area contributed by atoms with Crippen molar-refractivity contribution in [2.45, 2.75) is 52.7 Å². The van der Waals surface area contributed by atoms with Crippen LogP contribution in [0, 0.1) is 17.8 Å². The third-order valence-corrected chi connectivity index (χ3v) is 3.76. The Bertz CT molecular complexity index is 401. The van der Waals surface area contributed by atoms with Gasteiger partial charge in [0, 0.05) is 13.5 Å². The van der Waals surface area contributed by atoms with Gasteiger partial charge in [-0.15, -0.1) is 0 Å². The number of ether oxygens (including phenoxy) is 2. The molecule has 1 saturated carbocycles. The quantitative estimate of drug-likeness (QED) is 0.575. The number of hydrogen-bond acceptors (Lipinski definition) is 5. The maximum Gasteiger partial charge on any atom is 0.410 e. The molecule has 126 valence electrons. The molecule has 0 aromatic carbocycles. The molecule has 2 N–H and O–H groups in total. The number of amides is 1. The van der Waals surface area contributed by atoms with Crippen molar-refractivity contribution in [3.63, 3.8) is 0 Å². The molecule has 0 heterocycles. The first-order valence-electron chi connectivity index (χ1n) is 7.67. The average molecular weight is 315 g/mol. The molecular formula is C15H25NO6. The van der Waals surface area contributed by atoms with Gasteiger partial charge in [-0.1, -0.05) is 13.8 Å². The number of carbonyl (C=O) groups excluding carboxylic acids is 2. The zero-order chi connectivity index (χ0) is 16.7. The highest BCUT2D eigenvalue weighted by molar-refractivity contribution is 5.72. The van der Waals surface area contributed by atoms with Gasteiger partial charge in [0.15, 0.2) is 0 Å². The molecule has 1 fully saturated rings. The van der Waals surface area contributed by atoms with Crippen molar-refractivity contribution in [2.24, 2.45) is 17.8 Å². The minimum absolute atomic E-state index is 0.261. The summed E-state index contributed by atoms with van der Waals surface area (Å²) < 4.78 is 9.86. The molecule has 0 saturated heterocycles. The maximum absolute atomic E-state index is 11.6. The Kier molecular flexibility index (Phi) is 7.14. The van der Waals surface area contributed by atoms with Crippen molar-refractivity contribution >= 4 is 18.0 Å². The number of rotatable bonds is 6. The van der Waals surface area contributed by atoms with E-state index in [0.717, 1.165) is 12.8 Å². The summed E-state index contributed by atoms with van der Waals surface area (Å²) >= 11 is 0. The Morgan fingerprint density at radius 2 is 1.68 bits per heavy atom. The fourth-order valence-corrected chi connectivity index (χ4v) is 2.36. The Morgan fingerprint density at radius 1 is 1.09 bits per heavy atom. The predicted octanol–water partition coefficient (Wildman–Crippen LogP) is 2.15. The van der Waals surface area contributed by atoms with Gasteiger partial charge < -0.3 is 19.9 Å². The standard InChI is InChI=1S/C15H25NO6/c1-9(2)14(19)21-10(3)22-15(20)16-8-11-4-6-12(7-5-11)13(17)18/h9-12H,4-8H2,1-3H3,(H,16,20)(H,17,18)/t10-,11?,12?/m0/s1. The first-order chi connectivity index (χ1) is 10.3. The molecule has 1 amide bonds. The lowest BCUT2D eigenvalue weighted by Gasteiger charge is -2.26. The van der Waals surface area contributed by atoms with E-state index in [1.807, 2.05) is 0 Å². The number of hydrogen-bond donors (Lipinski definition) is 2. The van der Waals surface area contributed by atoms with E-state index >= 15 is 0 Å². The number of alkyl carbamates (subject to hydrolysis) is 1. The molecule has 0 spiro atoms. The van der Waals surface area contributed by atoms with Gasteiger partial charge in [-0.05, 0) is 31.6 Å². The smallest absolute Gasteiger partial charge is 0.410 e. The van der Waals surface area contributed by atoms with E-state index in [1.54, 1.807) is 13.8 Å². The highest BCUT2D eigenvalue weighted by Crippen LogP contribution is 2.28. The van der Waals surface area contributed by atoms with Crippen LogP contribution in [0.3, 0.4) is 0 Å². The number of nitrogens with one attached hydrogen (secondary N) is 1. The number of esters is 1. The third-order valence-electron chi connectivity index (χ3n) is 3.76. The van der Waals surface area contributed by atoms with Crippen molar-refractivity contribution in [1.82, 2.24) is 5.32 Å². The van der Waals surface area contributed by atoms with E-state index < -0.39 is 24.3 Å². The van der Waals surface area contributed by atoms with Crippen LogP contribution >= 0.6 is 0 Å². The zero-order valence-corrected chi connectivity index (χ0v) is 13.3. The summed E-state index contributed by atoms with van der Waals surface area (Å²) in [5, 5.41) is 11.6. The Morgan fingerprint density at radius 3 is 2.18 bits per heavy atom. The van der Waals surface area contributed by atoms with E-state index in [9.17, 15) is 14.4 Å². The van der Waals surface area contributed by atoms with E-state index in [1.165, 1.54) is 6.92 Å². The second-order valence-corrected chi connectivity index (χ2v) is 6.00. The summed E-state index contributed by atoms with van der Waals surface area (Å²) in [6.45, 7) is 5.32. The van der Waals surface area contributed by atoms with Gasteiger partial charge in [-0.3, -0.25) is 9.59 Å². The normalized spacial score (nSPS) is 22.7. The highest BCUT2D eigenvalue weighted by Gasteiger charge is 2.26. The summed E-state index contributed by atoms with van der Waals surface area (Å²) in [6, 6.07) is 0. The topological polar surface area (TPSA) is 102 Å². The number of aliphatic carboxylic acids is 1. The van der Waals surface area contributed by atoms with Gasteiger partial charge in [-0.25, -0.2) is 4.79 Å². The Labute approximate surface area is 130 Å². The number of carbonyl (C=O) groups is 3. The van der Waals surface area contributed by atoms with E-state index in [0.29, 0.717) is 19.4 Å². The molecule has 22 heavy (non-hydrogen) atoms. The molecule has 0 bridgehead atoms. The van der Waals surface area contributed by atoms with Crippen LogP contribution < -0.4 is 5.32 Å². The molecule has 0 radical (unpaired) electrons. The summed E-state index contributed by atoms with van der Waals surface area (Å²) in [5.41, 5.74) is 0. The maximum atomic E-state index is 11.6. The molecule has 0 unspecified atom stereocenters. The van der Waals surface area contributed by atoms with Crippen LogP contribution in [0.15, 0.2) is 0 Å². The van der Waals surface area contributed by atoms with Crippen molar-refractivity contribution in [2.75, 3.05) is 6.54 Å². The Hall–Kier alpha value is -1.79. The summed E-state index contributed by atoms with van der Waals surface area (Å²) in [6.07, 6.45) is 1.25. The third kappa shape index (κ3) is 6.32. The molecule has 1 rings (SSSR count). The lowest BCUT2D eigenvalue weighted by atomic mass is 9.82. The first kappa shape index (κ1) is 18.3. The van der Waals surface area contributed by atoms with Crippen molar-refractivity contribution in [3.05, 3.63) is 0 Å². The molecule has 0 aliphatic heterocycles. The van der Waals surface area contributed by atoms with Gasteiger partial charge >= 0.3 is 18.0 Å². The van der Waals surface area contributed by atoms with Crippen LogP contribution in [0.2, 0.25) is 0 Å². The molecule has 1 aliphatic carbocycles. The highest BCUT2D eigenvalue weighted by atomic mass is 16.7. The van der Waals surface area contributed by atoms with E-state index in [-0.39, 0.29) is 17.8 Å². The minimum atomic E-state index is -0.933. The van der Waals surface area contributed by atoms with Gasteiger partial charge in [0.25, 0.3) is 0 Å². The average Bonchev–Trinajstić information content (AvgIpc) is 2.45. The van der Waals surface area contributed by atoms with E-state index in [2.05, 4.69) is 5.32 Å². The van der Waals surface area contributed by atoms with Crippen molar-refractivity contribution < 1.29 is 29.0 Å². The van der Waals surface area contributed by atoms with Crippen molar-refractivity contribution in [3.8, 4) is 0 Å². The van der Waals surface area contributed by atoms with Gasteiger partial charge in [0.1, 0.15) is 0 Å². The molecular weight excluding hydrogens is 290 g/mol.